The van der Waals surface area contributed by atoms with Crippen molar-refractivity contribution in [3.63, 3.8) is 0 Å². The zero-order valence-electron chi connectivity index (χ0n) is 8.08. The lowest BCUT2D eigenvalue weighted by Crippen LogP contribution is -2.48. The zero-order chi connectivity index (χ0) is 9.26. The molecule has 1 N–H and O–H groups in total. The maximum absolute atomic E-state index is 5.63. The third-order valence-corrected chi connectivity index (χ3v) is 2.31. The first kappa shape index (κ1) is 8.72. The van der Waals surface area contributed by atoms with Crippen LogP contribution in [0.25, 0.3) is 0 Å². The van der Waals surface area contributed by atoms with Crippen molar-refractivity contribution in [1.82, 2.24) is 15.1 Å². The van der Waals surface area contributed by atoms with Crippen LogP contribution in [0.5, 0.6) is 0 Å². The van der Waals surface area contributed by atoms with Gasteiger partial charge in [-0.25, -0.2) is 0 Å². The highest BCUT2D eigenvalue weighted by Gasteiger charge is 2.17. The van der Waals surface area contributed by atoms with E-state index in [1.807, 2.05) is 18.7 Å². The molecular formula is C9H15N3O. The monoisotopic (exact) mass is 181 g/mol. The van der Waals surface area contributed by atoms with Gasteiger partial charge < -0.3 is 10.1 Å². The van der Waals surface area contributed by atoms with Gasteiger partial charge in [-0.2, -0.15) is 5.10 Å². The fraction of sp³-hybridized carbons (Fsp3) is 0.667. The van der Waals surface area contributed by atoms with Crippen LogP contribution in [0.1, 0.15) is 11.4 Å². The fourth-order valence-corrected chi connectivity index (χ4v) is 1.38. The van der Waals surface area contributed by atoms with E-state index in [0.717, 1.165) is 24.5 Å². The summed E-state index contributed by atoms with van der Waals surface area (Å²) in [6, 6.07) is 2.06. The summed E-state index contributed by atoms with van der Waals surface area (Å²) in [6.45, 7) is 4.63. The van der Waals surface area contributed by atoms with Crippen LogP contribution in [0.3, 0.4) is 0 Å². The summed E-state index contributed by atoms with van der Waals surface area (Å²) < 4.78 is 7.51. The molecule has 1 aliphatic heterocycles. The van der Waals surface area contributed by atoms with Crippen LogP contribution in [0.15, 0.2) is 6.07 Å². The van der Waals surface area contributed by atoms with E-state index in [2.05, 4.69) is 16.5 Å². The average molecular weight is 181 g/mol. The van der Waals surface area contributed by atoms with Crippen LogP contribution in [-0.4, -0.2) is 29.0 Å². The normalized spacial score (nSPS) is 17.4. The summed E-state index contributed by atoms with van der Waals surface area (Å²) in [5.74, 6) is 0. The molecule has 0 aliphatic carbocycles. The van der Waals surface area contributed by atoms with Crippen LogP contribution in [0, 0.1) is 6.92 Å². The van der Waals surface area contributed by atoms with Gasteiger partial charge in [-0.1, -0.05) is 0 Å². The van der Waals surface area contributed by atoms with Crippen LogP contribution < -0.4 is 5.32 Å². The molecule has 0 amide bonds. The second kappa shape index (κ2) is 3.47. The summed E-state index contributed by atoms with van der Waals surface area (Å²) in [4.78, 5) is 0. The SMILES string of the molecule is Cc1cc(COC2CNC2)n(C)n1. The lowest BCUT2D eigenvalue weighted by Gasteiger charge is -2.26. The third-order valence-electron chi connectivity index (χ3n) is 2.31. The molecule has 1 saturated heterocycles. The average Bonchev–Trinajstić information content (AvgIpc) is 2.27. The van der Waals surface area contributed by atoms with Gasteiger partial charge in [0.2, 0.25) is 0 Å². The fourth-order valence-electron chi connectivity index (χ4n) is 1.38. The first-order chi connectivity index (χ1) is 6.25. The molecule has 2 rings (SSSR count). The minimum Gasteiger partial charge on any atom is -0.369 e. The molecular weight excluding hydrogens is 166 g/mol. The first-order valence-electron chi connectivity index (χ1n) is 4.57. The lowest BCUT2D eigenvalue weighted by atomic mass is 10.2. The molecule has 0 spiro atoms. The Morgan fingerprint density at radius 3 is 2.92 bits per heavy atom. The molecule has 1 aromatic rings. The Morgan fingerprint density at radius 1 is 1.69 bits per heavy atom. The maximum atomic E-state index is 5.63. The van der Waals surface area contributed by atoms with Crippen LogP contribution >= 0.6 is 0 Å². The van der Waals surface area contributed by atoms with E-state index in [1.165, 1.54) is 0 Å². The number of rotatable bonds is 3. The van der Waals surface area contributed by atoms with E-state index < -0.39 is 0 Å². The Labute approximate surface area is 77.9 Å². The van der Waals surface area contributed by atoms with Gasteiger partial charge in [0.05, 0.1) is 24.1 Å². The van der Waals surface area contributed by atoms with Gasteiger partial charge in [0.1, 0.15) is 0 Å². The molecule has 4 nitrogen and oxygen atoms in total. The predicted molar refractivity (Wildman–Crippen MR) is 49.4 cm³/mol. The van der Waals surface area contributed by atoms with Gasteiger partial charge in [0.25, 0.3) is 0 Å². The molecule has 0 radical (unpaired) electrons. The standard InChI is InChI=1S/C9H15N3O/c1-7-3-8(12(2)11-7)6-13-9-4-10-5-9/h3,9-10H,4-6H2,1-2H3. The second-order valence-electron chi connectivity index (χ2n) is 3.49. The zero-order valence-corrected chi connectivity index (χ0v) is 8.08. The molecule has 72 valence electrons. The molecule has 0 atom stereocenters. The van der Waals surface area contributed by atoms with Crippen molar-refractivity contribution < 1.29 is 4.74 Å². The number of aromatic nitrogens is 2. The predicted octanol–water partition coefficient (Wildman–Crippen LogP) is 0.217. The van der Waals surface area contributed by atoms with Crippen molar-refractivity contribution in [3.8, 4) is 0 Å². The van der Waals surface area contributed by atoms with Gasteiger partial charge in [0, 0.05) is 20.1 Å². The van der Waals surface area contributed by atoms with Crippen LogP contribution in [-0.2, 0) is 18.4 Å². The highest BCUT2D eigenvalue weighted by Crippen LogP contribution is 2.07. The van der Waals surface area contributed by atoms with Crippen LogP contribution in [0.4, 0.5) is 0 Å². The Morgan fingerprint density at radius 2 is 2.46 bits per heavy atom. The molecule has 0 aromatic carbocycles. The van der Waals surface area contributed by atoms with E-state index in [-0.39, 0.29) is 0 Å². The van der Waals surface area contributed by atoms with E-state index in [4.69, 9.17) is 4.74 Å². The summed E-state index contributed by atoms with van der Waals surface area (Å²) in [6.07, 6.45) is 0.398. The molecule has 0 bridgehead atoms. The van der Waals surface area contributed by atoms with Crippen molar-refractivity contribution >= 4 is 0 Å². The molecule has 2 heterocycles. The van der Waals surface area contributed by atoms with Crippen molar-refractivity contribution in [1.29, 1.82) is 0 Å². The molecule has 13 heavy (non-hydrogen) atoms. The van der Waals surface area contributed by atoms with E-state index >= 15 is 0 Å². The smallest absolute Gasteiger partial charge is 0.0889 e. The van der Waals surface area contributed by atoms with Crippen molar-refractivity contribution in [3.05, 3.63) is 17.5 Å². The minimum absolute atomic E-state index is 0.398. The highest BCUT2D eigenvalue weighted by molar-refractivity contribution is 5.07. The number of hydrogen-bond acceptors (Lipinski definition) is 3. The van der Waals surface area contributed by atoms with Crippen molar-refractivity contribution in [2.45, 2.75) is 19.6 Å². The summed E-state index contributed by atoms with van der Waals surface area (Å²) in [5, 5.41) is 7.42. The summed E-state index contributed by atoms with van der Waals surface area (Å²) >= 11 is 0. The number of nitrogens with one attached hydrogen (secondary N) is 1. The number of ether oxygens (including phenoxy) is 1. The quantitative estimate of drug-likeness (QED) is 0.725. The van der Waals surface area contributed by atoms with Gasteiger partial charge in [-0.05, 0) is 13.0 Å². The number of hydrogen-bond donors (Lipinski definition) is 1. The van der Waals surface area contributed by atoms with E-state index in [9.17, 15) is 0 Å². The first-order valence-corrected chi connectivity index (χ1v) is 4.57. The van der Waals surface area contributed by atoms with Gasteiger partial charge in [-0.3, -0.25) is 4.68 Å². The van der Waals surface area contributed by atoms with Crippen molar-refractivity contribution in [2.75, 3.05) is 13.1 Å². The summed E-state index contributed by atoms with van der Waals surface area (Å²) in [7, 11) is 1.95. The molecule has 0 saturated carbocycles. The Hall–Kier alpha value is -0.870. The Kier molecular flexibility index (Phi) is 2.33. The largest absolute Gasteiger partial charge is 0.369 e. The molecule has 0 unspecified atom stereocenters. The molecule has 1 aromatic heterocycles. The van der Waals surface area contributed by atoms with Gasteiger partial charge >= 0.3 is 0 Å². The van der Waals surface area contributed by atoms with Gasteiger partial charge in [-0.15, -0.1) is 0 Å². The maximum Gasteiger partial charge on any atom is 0.0889 e. The third kappa shape index (κ3) is 1.89. The number of nitrogens with zero attached hydrogens (tertiary/aromatic N) is 2. The van der Waals surface area contributed by atoms with E-state index in [0.29, 0.717) is 12.7 Å². The molecule has 1 fully saturated rings. The van der Waals surface area contributed by atoms with Crippen LogP contribution in [0.2, 0.25) is 0 Å². The minimum atomic E-state index is 0.398. The van der Waals surface area contributed by atoms with Gasteiger partial charge in [0.15, 0.2) is 0 Å². The Bertz CT molecular complexity index is 291. The van der Waals surface area contributed by atoms with E-state index in [1.54, 1.807) is 0 Å². The number of aryl methyl sites for hydroxylation is 2. The lowest BCUT2D eigenvalue weighted by molar-refractivity contribution is 0.00476. The van der Waals surface area contributed by atoms with Crippen molar-refractivity contribution in [2.24, 2.45) is 7.05 Å². The summed E-state index contributed by atoms with van der Waals surface area (Å²) in [5.41, 5.74) is 2.19. The second-order valence-corrected chi connectivity index (χ2v) is 3.49. The highest BCUT2D eigenvalue weighted by atomic mass is 16.5. The Balaban J connectivity index is 1.89. The molecule has 4 heteroatoms. The molecule has 1 aliphatic rings. The topological polar surface area (TPSA) is 39.1 Å².